The fourth-order valence-corrected chi connectivity index (χ4v) is 2.70. The molecule has 128 valence electrons. The number of carbonyl (C=O) groups excluding carboxylic acids is 1. The van der Waals surface area contributed by atoms with Gasteiger partial charge in [-0.2, -0.15) is 13.2 Å². The first kappa shape index (κ1) is 18.1. The van der Waals surface area contributed by atoms with Gasteiger partial charge in [-0.05, 0) is 32.4 Å². The second-order valence-corrected chi connectivity index (χ2v) is 5.96. The lowest BCUT2D eigenvalue weighted by Gasteiger charge is -2.11. The second kappa shape index (κ2) is 7.08. The molecule has 0 unspecified atom stereocenters. The summed E-state index contributed by atoms with van der Waals surface area (Å²) in [5.41, 5.74) is -0.134. The predicted octanol–water partition coefficient (Wildman–Crippen LogP) is 3.95. The molecule has 0 atom stereocenters. The molecule has 1 amide bonds. The summed E-state index contributed by atoms with van der Waals surface area (Å²) in [5.74, 6) is -0.723. The molecular formula is C15H15F3N4OS. The number of nitrogens with zero attached hydrogens (tertiary/aromatic N) is 3. The van der Waals surface area contributed by atoms with E-state index in [-0.39, 0.29) is 16.3 Å². The van der Waals surface area contributed by atoms with Crippen LogP contribution in [-0.2, 0) is 6.18 Å². The van der Waals surface area contributed by atoms with Gasteiger partial charge in [-0.3, -0.25) is 9.79 Å². The maximum atomic E-state index is 12.9. The van der Waals surface area contributed by atoms with Crippen molar-refractivity contribution < 1.29 is 18.0 Å². The summed E-state index contributed by atoms with van der Waals surface area (Å²) in [6.45, 7) is 5.57. The zero-order chi connectivity index (χ0) is 17.9. The fraction of sp³-hybridized carbons (Fsp3) is 0.333. The Balaban J connectivity index is 2.20. The number of thiazole rings is 1. The summed E-state index contributed by atoms with van der Waals surface area (Å²) in [6, 6.07) is 0.818. The monoisotopic (exact) mass is 356 g/mol. The molecule has 9 heteroatoms. The van der Waals surface area contributed by atoms with E-state index in [1.54, 1.807) is 6.92 Å². The minimum absolute atomic E-state index is 0.00743. The summed E-state index contributed by atoms with van der Waals surface area (Å²) in [4.78, 5) is 24.5. The first-order chi connectivity index (χ1) is 11.2. The van der Waals surface area contributed by atoms with Crippen LogP contribution in [0.3, 0.4) is 0 Å². The normalized spacial score (nSPS) is 12.3. The highest BCUT2D eigenvalue weighted by molar-refractivity contribution is 7.15. The van der Waals surface area contributed by atoms with E-state index >= 15 is 0 Å². The van der Waals surface area contributed by atoms with Crippen LogP contribution in [-0.4, -0.2) is 28.1 Å². The van der Waals surface area contributed by atoms with E-state index in [4.69, 9.17) is 0 Å². The number of aliphatic imine (C=N–C) groups is 1. The number of halogens is 3. The fourth-order valence-electron chi connectivity index (χ4n) is 1.93. The number of carbonyl (C=O) groups is 1. The number of anilines is 1. The van der Waals surface area contributed by atoms with Crippen LogP contribution in [0.5, 0.6) is 0 Å². The number of nitrogens with one attached hydrogen (secondary N) is 1. The number of amides is 1. The highest BCUT2D eigenvalue weighted by Crippen LogP contribution is 2.32. The predicted molar refractivity (Wildman–Crippen MR) is 86.8 cm³/mol. The maximum absolute atomic E-state index is 12.9. The van der Waals surface area contributed by atoms with Gasteiger partial charge < -0.3 is 5.32 Å². The van der Waals surface area contributed by atoms with Gasteiger partial charge in [-0.1, -0.05) is 0 Å². The Labute approximate surface area is 140 Å². The molecule has 2 heterocycles. The quantitative estimate of drug-likeness (QED) is 0.844. The van der Waals surface area contributed by atoms with Gasteiger partial charge in [-0.25, -0.2) is 9.97 Å². The Hall–Kier alpha value is -2.29. The average Bonchev–Trinajstić information content (AvgIpc) is 2.98. The van der Waals surface area contributed by atoms with Crippen LogP contribution in [0.4, 0.5) is 19.0 Å². The van der Waals surface area contributed by atoms with Crippen LogP contribution in [0.1, 0.15) is 39.7 Å². The Bertz CT molecular complexity index is 783. The molecule has 2 aromatic rings. The molecule has 0 bridgehead atoms. The van der Waals surface area contributed by atoms with Gasteiger partial charge in [0.05, 0.1) is 17.5 Å². The van der Waals surface area contributed by atoms with Crippen molar-refractivity contribution in [3.05, 3.63) is 39.5 Å². The largest absolute Gasteiger partial charge is 0.416 e. The molecule has 0 radical (unpaired) electrons. The van der Waals surface area contributed by atoms with Crippen molar-refractivity contribution in [3.63, 3.8) is 0 Å². The van der Waals surface area contributed by atoms with E-state index in [1.165, 1.54) is 13.1 Å². The van der Waals surface area contributed by atoms with Gasteiger partial charge in [0.15, 0.2) is 0 Å². The Morgan fingerprint density at radius 1 is 1.33 bits per heavy atom. The number of hydrogen-bond donors (Lipinski definition) is 1. The smallest absolute Gasteiger partial charge is 0.306 e. The third-order valence-electron chi connectivity index (χ3n) is 3.08. The number of rotatable bonds is 4. The lowest BCUT2D eigenvalue weighted by atomic mass is 10.1. The van der Waals surface area contributed by atoms with Crippen LogP contribution >= 0.6 is 11.3 Å². The number of aryl methyl sites for hydroxylation is 1. The molecule has 0 aliphatic carbocycles. The van der Waals surface area contributed by atoms with Crippen molar-refractivity contribution in [1.82, 2.24) is 9.97 Å². The summed E-state index contributed by atoms with van der Waals surface area (Å²) in [7, 11) is 0. The van der Waals surface area contributed by atoms with Gasteiger partial charge in [0.2, 0.25) is 0 Å². The van der Waals surface area contributed by atoms with E-state index in [2.05, 4.69) is 20.3 Å². The molecule has 2 aromatic heterocycles. The standard InChI is InChI=1S/C15H15F3N4OS/c1-4-19-9(3)14-21-7-11(24-14)13(23)22-12-5-10(15(16,17)18)8(2)6-20-12/h5-7H,4H2,1-3H3,(H,20,22,23). The maximum Gasteiger partial charge on any atom is 0.416 e. The van der Waals surface area contributed by atoms with Crippen molar-refractivity contribution in [2.75, 3.05) is 11.9 Å². The molecule has 0 fully saturated rings. The van der Waals surface area contributed by atoms with E-state index in [0.717, 1.165) is 23.6 Å². The van der Waals surface area contributed by atoms with Crippen molar-refractivity contribution in [2.24, 2.45) is 4.99 Å². The van der Waals surface area contributed by atoms with Crippen molar-refractivity contribution in [1.29, 1.82) is 0 Å². The van der Waals surface area contributed by atoms with E-state index < -0.39 is 17.6 Å². The van der Waals surface area contributed by atoms with Crippen LogP contribution in [0, 0.1) is 6.92 Å². The molecule has 0 saturated carbocycles. The zero-order valence-electron chi connectivity index (χ0n) is 13.2. The summed E-state index contributed by atoms with van der Waals surface area (Å²) in [5, 5.41) is 2.96. The van der Waals surface area contributed by atoms with E-state index in [9.17, 15) is 18.0 Å². The third-order valence-corrected chi connectivity index (χ3v) is 4.19. The summed E-state index contributed by atoms with van der Waals surface area (Å²) >= 11 is 1.12. The first-order valence-corrected chi connectivity index (χ1v) is 7.86. The molecular weight excluding hydrogens is 341 g/mol. The Morgan fingerprint density at radius 2 is 2.04 bits per heavy atom. The zero-order valence-corrected chi connectivity index (χ0v) is 14.0. The number of hydrogen-bond acceptors (Lipinski definition) is 5. The van der Waals surface area contributed by atoms with Crippen LogP contribution in [0.25, 0.3) is 0 Å². The molecule has 5 nitrogen and oxygen atoms in total. The molecule has 0 aliphatic heterocycles. The van der Waals surface area contributed by atoms with E-state index in [0.29, 0.717) is 17.3 Å². The van der Waals surface area contributed by atoms with Crippen LogP contribution in [0.2, 0.25) is 0 Å². The van der Waals surface area contributed by atoms with Crippen molar-refractivity contribution in [2.45, 2.75) is 26.9 Å². The number of pyridine rings is 1. The van der Waals surface area contributed by atoms with Gasteiger partial charge in [0.25, 0.3) is 5.91 Å². The lowest BCUT2D eigenvalue weighted by molar-refractivity contribution is -0.138. The van der Waals surface area contributed by atoms with Gasteiger partial charge in [0.1, 0.15) is 15.7 Å². The molecule has 0 aliphatic rings. The molecule has 0 aromatic carbocycles. The minimum atomic E-state index is -4.50. The average molecular weight is 356 g/mol. The third kappa shape index (κ3) is 4.16. The summed E-state index contributed by atoms with van der Waals surface area (Å²) < 4.78 is 38.7. The highest BCUT2D eigenvalue weighted by atomic mass is 32.1. The summed E-state index contributed by atoms with van der Waals surface area (Å²) in [6.07, 6.45) is -2.06. The minimum Gasteiger partial charge on any atom is -0.306 e. The SMILES string of the molecule is CCN=C(C)c1ncc(C(=O)Nc2cc(C(F)(F)F)c(C)cn2)s1. The van der Waals surface area contributed by atoms with Gasteiger partial charge >= 0.3 is 6.18 Å². The molecule has 0 saturated heterocycles. The lowest BCUT2D eigenvalue weighted by Crippen LogP contribution is -2.14. The first-order valence-electron chi connectivity index (χ1n) is 7.04. The molecule has 1 N–H and O–H groups in total. The van der Waals surface area contributed by atoms with E-state index in [1.807, 2.05) is 6.92 Å². The molecule has 0 spiro atoms. The molecule has 2 rings (SSSR count). The second-order valence-electron chi connectivity index (χ2n) is 4.93. The van der Waals surface area contributed by atoms with Gasteiger partial charge in [-0.15, -0.1) is 11.3 Å². The molecule has 24 heavy (non-hydrogen) atoms. The Morgan fingerprint density at radius 3 is 2.67 bits per heavy atom. The van der Waals surface area contributed by atoms with Crippen LogP contribution in [0.15, 0.2) is 23.5 Å². The van der Waals surface area contributed by atoms with Crippen molar-refractivity contribution >= 4 is 28.8 Å². The highest BCUT2D eigenvalue weighted by Gasteiger charge is 2.33. The number of alkyl halides is 3. The van der Waals surface area contributed by atoms with Gasteiger partial charge in [0, 0.05) is 12.7 Å². The van der Waals surface area contributed by atoms with Crippen LogP contribution < -0.4 is 5.32 Å². The van der Waals surface area contributed by atoms with Crippen molar-refractivity contribution in [3.8, 4) is 0 Å². The topological polar surface area (TPSA) is 67.2 Å². The Kier molecular flexibility index (Phi) is 5.33. The number of aromatic nitrogens is 2.